The number of hydrogen-bond acceptors (Lipinski definition) is 6. The summed E-state index contributed by atoms with van der Waals surface area (Å²) >= 11 is 0. The van der Waals surface area contributed by atoms with Crippen LogP contribution < -0.4 is 11.0 Å². The Morgan fingerprint density at radius 3 is 2.34 bits per heavy atom. The molecule has 3 atom stereocenters. The van der Waals surface area contributed by atoms with E-state index in [1.165, 1.54) is 0 Å². The van der Waals surface area contributed by atoms with Crippen molar-refractivity contribution in [2.75, 3.05) is 19.7 Å². The first-order valence-corrected chi connectivity index (χ1v) is 14.3. The van der Waals surface area contributed by atoms with Gasteiger partial charge in [-0.25, -0.2) is 8.42 Å². The van der Waals surface area contributed by atoms with E-state index in [2.05, 4.69) is 19.2 Å². The third-order valence-corrected chi connectivity index (χ3v) is 9.07. The maximum Gasteiger partial charge on any atom is 0.243 e. The van der Waals surface area contributed by atoms with Gasteiger partial charge >= 0.3 is 0 Å². The smallest absolute Gasteiger partial charge is 0.243 e. The molecule has 0 saturated carbocycles. The Labute approximate surface area is 211 Å². The summed E-state index contributed by atoms with van der Waals surface area (Å²) in [4.78, 5) is 18.7. The summed E-state index contributed by atoms with van der Waals surface area (Å²) in [5.74, 6) is -0.117. The number of sulfonamides is 1. The van der Waals surface area contributed by atoms with E-state index in [4.69, 9.17) is 10.0 Å². The number of hydrogen-bond donors (Lipinski definition) is 3. The SMILES string of the molecule is Cc1cc(C)c(S(=O)(=O)N2CCCC[C@@H](C)NC(=O)[C@H](CC(C)C)[C@@H](CONO)CCC2)c(C)c1. The highest BCUT2D eigenvalue weighted by Gasteiger charge is 2.32. The first-order chi connectivity index (χ1) is 16.5. The van der Waals surface area contributed by atoms with E-state index in [1.54, 1.807) is 9.95 Å². The van der Waals surface area contributed by atoms with Gasteiger partial charge in [-0.15, -0.1) is 0 Å². The second-order valence-corrected chi connectivity index (χ2v) is 12.5. The summed E-state index contributed by atoms with van der Waals surface area (Å²) in [6.07, 6.45) is 4.26. The quantitative estimate of drug-likeness (QED) is 0.472. The van der Waals surface area contributed by atoms with E-state index in [1.807, 2.05) is 39.8 Å². The highest BCUT2D eigenvalue weighted by molar-refractivity contribution is 7.89. The number of carbonyl (C=O) groups excluding carboxylic acids is 1. The molecule has 0 spiro atoms. The van der Waals surface area contributed by atoms with Crippen LogP contribution >= 0.6 is 0 Å². The van der Waals surface area contributed by atoms with Crippen molar-refractivity contribution in [2.45, 2.75) is 91.0 Å². The minimum atomic E-state index is -3.66. The molecule has 0 aromatic heterocycles. The lowest BCUT2D eigenvalue weighted by Crippen LogP contribution is -2.42. The van der Waals surface area contributed by atoms with Crippen LogP contribution in [0.3, 0.4) is 0 Å². The Kier molecular flexibility index (Phi) is 11.6. The first kappa shape index (κ1) is 29.7. The van der Waals surface area contributed by atoms with E-state index in [0.29, 0.717) is 43.2 Å². The van der Waals surface area contributed by atoms with Crippen molar-refractivity contribution < 1.29 is 23.3 Å². The molecule has 0 aliphatic carbocycles. The third kappa shape index (κ3) is 8.53. The molecule has 1 heterocycles. The van der Waals surface area contributed by atoms with Crippen LogP contribution in [0.4, 0.5) is 0 Å². The molecule has 8 nitrogen and oxygen atoms in total. The Morgan fingerprint density at radius 2 is 1.74 bits per heavy atom. The van der Waals surface area contributed by atoms with Gasteiger partial charge in [0.2, 0.25) is 15.9 Å². The van der Waals surface area contributed by atoms with Gasteiger partial charge in [0, 0.05) is 25.0 Å². The Balaban J connectivity index is 2.35. The van der Waals surface area contributed by atoms with Crippen molar-refractivity contribution in [1.82, 2.24) is 15.3 Å². The lowest BCUT2D eigenvalue weighted by atomic mass is 9.82. The predicted octanol–water partition coefficient (Wildman–Crippen LogP) is 4.26. The monoisotopic (exact) mass is 511 g/mol. The second kappa shape index (κ2) is 13.7. The van der Waals surface area contributed by atoms with E-state index in [-0.39, 0.29) is 30.4 Å². The van der Waals surface area contributed by atoms with Crippen LogP contribution in [0.25, 0.3) is 0 Å². The van der Waals surface area contributed by atoms with Crippen molar-refractivity contribution in [1.29, 1.82) is 0 Å². The fraction of sp³-hybridized carbons (Fsp3) is 0.731. The molecule has 0 radical (unpaired) electrons. The van der Waals surface area contributed by atoms with Crippen molar-refractivity contribution in [2.24, 2.45) is 17.8 Å². The Hall–Kier alpha value is -1.52. The number of amides is 1. The van der Waals surface area contributed by atoms with Gasteiger partial charge in [-0.1, -0.05) is 43.6 Å². The zero-order valence-corrected chi connectivity index (χ0v) is 23.1. The van der Waals surface area contributed by atoms with Crippen LogP contribution in [0.5, 0.6) is 0 Å². The summed E-state index contributed by atoms with van der Waals surface area (Å²) in [5.41, 5.74) is 4.33. The van der Waals surface area contributed by atoms with Gasteiger partial charge in [-0.3, -0.25) is 14.8 Å². The van der Waals surface area contributed by atoms with Gasteiger partial charge in [0.25, 0.3) is 0 Å². The highest BCUT2D eigenvalue weighted by Crippen LogP contribution is 2.29. The van der Waals surface area contributed by atoms with Crippen LogP contribution in [0.2, 0.25) is 0 Å². The predicted molar refractivity (Wildman–Crippen MR) is 137 cm³/mol. The molecular weight excluding hydrogens is 466 g/mol. The third-order valence-electron chi connectivity index (χ3n) is 6.86. The van der Waals surface area contributed by atoms with Crippen molar-refractivity contribution >= 4 is 15.9 Å². The maximum absolute atomic E-state index is 13.8. The number of nitrogens with one attached hydrogen (secondary N) is 2. The van der Waals surface area contributed by atoms with E-state index in [0.717, 1.165) is 36.0 Å². The van der Waals surface area contributed by atoms with Crippen LogP contribution in [0, 0.1) is 38.5 Å². The van der Waals surface area contributed by atoms with E-state index in [9.17, 15) is 13.2 Å². The van der Waals surface area contributed by atoms with Crippen molar-refractivity contribution in [3.63, 3.8) is 0 Å². The number of rotatable bonds is 7. The number of nitrogens with zero attached hydrogens (tertiary/aromatic N) is 1. The number of benzene rings is 1. The molecule has 35 heavy (non-hydrogen) atoms. The molecule has 1 aromatic carbocycles. The summed E-state index contributed by atoms with van der Waals surface area (Å²) in [5, 5.41) is 12.2. The molecule has 1 aromatic rings. The normalized spacial score (nSPS) is 23.9. The minimum Gasteiger partial charge on any atom is -0.353 e. The van der Waals surface area contributed by atoms with Crippen molar-refractivity contribution in [3.8, 4) is 0 Å². The Morgan fingerprint density at radius 1 is 1.11 bits per heavy atom. The van der Waals surface area contributed by atoms with Crippen LogP contribution in [0.1, 0.15) is 76.0 Å². The molecular formula is C26H45N3O5S. The van der Waals surface area contributed by atoms with Crippen molar-refractivity contribution in [3.05, 3.63) is 28.8 Å². The van der Waals surface area contributed by atoms with Gasteiger partial charge in [0.05, 0.1) is 11.5 Å². The zero-order chi connectivity index (χ0) is 26.2. The molecule has 1 saturated heterocycles. The molecule has 1 fully saturated rings. The summed E-state index contributed by atoms with van der Waals surface area (Å²) in [6, 6.07) is 3.85. The summed E-state index contributed by atoms with van der Waals surface area (Å²) in [7, 11) is -3.66. The van der Waals surface area contributed by atoms with Gasteiger partial charge in [0.15, 0.2) is 0 Å². The molecule has 2 rings (SSSR count). The molecule has 1 amide bonds. The topological polar surface area (TPSA) is 108 Å². The average molecular weight is 512 g/mol. The number of carbonyl (C=O) groups is 1. The van der Waals surface area contributed by atoms with Gasteiger partial charge < -0.3 is 5.32 Å². The molecule has 200 valence electrons. The van der Waals surface area contributed by atoms with Crippen LogP contribution in [-0.4, -0.2) is 49.6 Å². The molecule has 0 unspecified atom stereocenters. The number of aryl methyl sites for hydroxylation is 3. The lowest BCUT2D eigenvalue weighted by Gasteiger charge is -2.29. The van der Waals surface area contributed by atoms with Crippen LogP contribution in [0.15, 0.2) is 17.0 Å². The Bertz CT molecular complexity index is 912. The fourth-order valence-corrected chi connectivity index (χ4v) is 7.24. The van der Waals surface area contributed by atoms with Gasteiger partial charge in [-0.2, -0.15) is 4.31 Å². The average Bonchev–Trinajstić information content (AvgIpc) is 2.75. The molecule has 1 aliphatic heterocycles. The highest BCUT2D eigenvalue weighted by atomic mass is 32.2. The standard InChI is InChI=1S/C26H45N3O5S/c1-18(2)14-24-23(17-34-28-31)11-9-13-29(12-8-7-10-22(6)27-26(24)30)35(32,33)25-20(4)15-19(3)16-21(25)5/h15-16,18,22-24,28,31H,7-14,17H2,1-6H3,(H,27,30)/t22-,23-,24-/m1/s1. The van der Waals surface area contributed by atoms with Crippen LogP contribution in [-0.2, 0) is 19.7 Å². The summed E-state index contributed by atoms with van der Waals surface area (Å²) < 4.78 is 29.2. The lowest BCUT2D eigenvalue weighted by molar-refractivity contribution is -0.149. The fourth-order valence-electron chi connectivity index (χ4n) is 5.31. The molecule has 0 bridgehead atoms. The molecule has 3 N–H and O–H groups in total. The maximum atomic E-state index is 13.8. The zero-order valence-electron chi connectivity index (χ0n) is 22.3. The van der Waals surface area contributed by atoms with Gasteiger partial charge in [0.1, 0.15) is 0 Å². The minimum absolute atomic E-state index is 0.00194. The first-order valence-electron chi connectivity index (χ1n) is 12.9. The van der Waals surface area contributed by atoms with Gasteiger partial charge in [-0.05, 0) is 82.8 Å². The summed E-state index contributed by atoms with van der Waals surface area (Å²) in [6.45, 7) is 12.9. The van der Waals surface area contributed by atoms with E-state index >= 15 is 0 Å². The molecule has 9 heteroatoms. The largest absolute Gasteiger partial charge is 0.353 e. The molecule has 1 aliphatic rings. The van der Waals surface area contributed by atoms with E-state index < -0.39 is 10.0 Å². The second-order valence-electron chi connectivity index (χ2n) is 10.6.